The fraction of sp³-hybridized carbons (Fsp3) is 0.182. The van der Waals surface area contributed by atoms with Crippen molar-refractivity contribution in [1.29, 1.82) is 0 Å². The lowest BCUT2D eigenvalue weighted by Crippen LogP contribution is -2.17. The number of aryl methyl sites for hydroxylation is 1. The van der Waals surface area contributed by atoms with E-state index in [0.717, 1.165) is 11.3 Å². The SMILES string of the molecule is CN(C)c1ccc(OC(F)(F)F)cc1-c1ccc(N)cc1.Cc1cnccc1C(=O)O. The highest BCUT2D eigenvalue weighted by atomic mass is 19.4. The number of nitrogens with zero attached hydrogens (tertiary/aromatic N) is 2. The molecule has 0 atom stereocenters. The third-order valence-electron chi connectivity index (χ3n) is 4.16. The number of hydrogen-bond donors (Lipinski definition) is 2. The number of ether oxygens (including phenoxy) is 1. The molecule has 0 aliphatic heterocycles. The van der Waals surface area contributed by atoms with Crippen LogP contribution in [-0.4, -0.2) is 36.5 Å². The fourth-order valence-corrected chi connectivity index (χ4v) is 2.71. The average Bonchev–Trinajstić information content (AvgIpc) is 2.68. The lowest BCUT2D eigenvalue weighted by atomic mass is 10.0. The summed E-state index contributed by atoms with van der Waals surface area (Å²) in [7, 11) is 3.64. The maximum Gasteiger partial charge on any atom is 0.573 e. The number of nitrogens with two attached hydrogens (primary N) is 1. The first-order valence-corrected chi connectivity index (χ1v) is 9.05. The van der Waals surface area contributed by atoms with Crippen molar-refractivity contribution in [3.63, 3.8) is 0 Å². The Bertz CT molecular complexity index is 1040. The second-order valence-corrected chi connectivity index (χ2v) is 6.74. The summed E-state index contributed by atoms with van der Waals surface area (Å²) < 4.78 is 41.0. The molecule has 9 heteroatoms. The molecule has 1 heterocycles. The maximum absolute atomic E-state index is 12.3. The third-order valence-corrected chi connectivity index (χ3v) is 4.16. The largest absolute Gasteiger partial charge is 0.573 e. The number of alkyl halides is 3. The Morgan fingerprint density at radius 1 is 1.10 bits per heavy atom. The van der Waals surface area contributed by atoms with Gasteiger partial charge < -0.3 is 20.5 Å². The number of halogens is 3. The van der Waals surface area contributed by atoms with Gasteiger partial charge in [0.1, 0.15) is 5.75 Å². The maximum atomic E-state index is 12.3. The molecule has 6 nitrogen and oxygen atoms in total. The molecule has 0 spiro atoms. The first kappa shape index (κ1) is 23.5. The minimum Gasteiger partial charge on any atom is -0.478 e. The van der Waals surface area contributed by atoms with E-state index in [2.05, 4.69) is 9.72 Å². The van der Waals surface area contributed by atoms with E-state index in [9.17, 15) is 18.0 Å². The van der Waals surface area contributed by atoms with Crippen molar-refractivity contribution in [1.82, 2.24) is 4.98 Å². The molecule has 164 valence electrons. The monoisotopic (exact) mass is 433 g/mol. The molecule has 0 amide bonds. The van der Waals surface area contributed by atoms with Gasteiger partial charge in [0, 0.05) is 43.4 Å². The van der Waals surface area contributed by atoms with Crippen molar-refractivity contribution in [3.05, 3.63) is 72.1 Å². The van der Waals surface area contributed by atoms with E-state index in [1.165, 1.54) is 30.6 Å². The molecule has 2 aromatic carbocycles. The number of carboxylic acids is 1. The molecule has 3 N–H and O–H groups in total. The van der Waals surface area contributed by atoms with Gasteiger partial charge >= 0.3 is 12.3 Å². The Morgan fingerprint density at radius 3 is 2.23 bits per heavy atom. The van der Waals surface area contributed by atoms with Crippen LogP contribution in [0.5, 0.6) is 5.75 Å². The summed E-state index contributed by atoms with van der Waals surface area (Å²) in [6.07, 6.45) is -1.71. The van der Waals surface area contributed by atoms with Crippen LogP contribution in [-0.2, 0) is 0 Å². The van der Waals surface area contributed by atoms with Crippen molar-refractivity contribution in [3.8, 4) is 16.9 Å². The fourth-order valence-electron chi connectivity index (χ4n) is 2.71. The highest BCUT2D eigenvalue weighted by Gasteiger charge is 2.31. The van der Waals surface area contributed by atoms with E-state index in [1.54, 1.807) is 37.3 Å². The van der Waals surface area contributed by atoms with Gasteiger partial charge in [-0.1, -0.05) is 12.1 Å². The van der Waals surface area contributed by atoms with Crippen LogP contribution in [0.25, 0.3) is 11.1 Å². The number of pyridine rings is 1. The number of nitrogen functional groups attached to an aromatic ring is 1. The molecule has 0 unspecified atom stereocenters. The molecule has 0 radical (unpaired) electrons. The molecule has 1 aromatic heterocycles. The van der Waals surface area contributed by atoms with Gasteiger partial charge in [0.25, 0.3) is 0 Å². The minimum absolute atomic E-state index is 0.250. The zero-order valence-electron chi connectivity index (χ0n) is 17.1. The third kappa shape index (κ3) is 6.91. The van der Waals surface area contributed by atoms with Crippen molar-refractivity contribution in [2.45, 2.75) is 13.3 Å². The van der Waals surface area contributed by atoms with E-state index in [1.807, 2.05) is 19.0 Å². The summed E-state index contributed by atoms with van der Waals surface area (Å²) in [4.78, 5) is 16.0. The first-order chi connectivity index (χ1) is 14.5. The Hall–Kier alpha value is -3.75. The predicted molar refractivity (Wildman–Crippen MR) is 113 cm³/mol. The summed E-state index contributed by atoms with van der Waals surface area (Å²) in [5, 5.41) is 8.54. The molecule has 0 fully saturated rings. The van der Waals surface area contributed by atoms with E-state index in [0.29, 0.717) is 22.4 Å². The summed E-state index contributed by atoms with van der Waals surface area (Å²) >= 11 is 0. The van der Waals surface area contributed by atoms with Crippen molar-refractivity contribution in [2.75, 3.05) is 24.7 Å². The van der Waals surface area contributed by atoms with E-state index < -0.39 is 12.3 Å². The first-order valence-electron chi connectivity index (χ1n) is 9.05. The van der Waals surface area contributed by atoms with Gasteiger partial charge in [-0.3, -0.25) is 4.98 Å². The molecule has 3 aromatic rings. The van der Waals surface area contributed by atoms with E-state index >= 15 is 0 Å². The van der Waals surface area contributed by atoms with Crippen molar-refractivity contribution >= 4 is 17.3 Å². The molecule has 0 aliphatic rings. The standard InChI is InChI=1S/C15H15F3N2O.C7H7NO2/c1-20(2)14-8-7-12(21-15(16,17)18)9-13(14)10-3-5-11(19)6-4-10;1-5-4-8-3-2-6(5)7(9)10/h3-9H,19H2,1-2H3;2-4H,1H3,(H,9,10). The number of hydrogen-bond acceptors (Lipinski definition) is 5. The van der Waals surface area contributed by atoms with Crippen LogP contribution in [0.3, 0.4) is 0 Å². The molecular weight excluding hydrogens is 411 g/mol. The van der Waals surface area contributed by atoms with Crippen molar-refractivity contribution in [2.24, 2.45) is 0 Å². The molecule has 0 saturated heterocycles. The van der Waals surface area contributed by atoms with E-state index in [-0.39, 0.29) is 5.75 Å². The van der Waals surface area contributed by atoms with Crippen molar-refractivity contribution < 1.29 is 27.8 Å². The summed E-state index contributed by atoms with van der Waals surface area (Å²) in [6, 6.07) is 12.7. The highest BCUT2D eigenvalue weighted by Crippen LogP contribution is 2.35. The number of anilines is 2. The number of rotatable bonds is 4. The number of aromatic nitrogens is 1. The second kappa shape index (κ2) is 9.84. The molecule has 0 bridgehead atoms. The summed E-state index contributed by atoms with van der Waals surface area (Å²) in [5.74, 6) is -1.15. The van der Waals surface area contributed by atoms with Crippen LogP contribution in [0.15, 0.2) is 60.9 Å². The van der Waals surface area contributed by atoms with Gasteiger partial charge in [0.2, 0.25) is 0 Å². The number of carbonyl (C=O) groups is 1. The molecule has 0 saturated carbocycles. The zero-order valence-corrected chi connectivity index (χ0v) is 17.1. The number of carboxylic acid groups (broad SMARTS) is 1. The smallest absolute Gasteiger partial charge is 0.478 e. The Morgan fingerprint density at radius 2 is 1.74 bits per heavy atom. The number of benzene rings is 2. The molecule has 0 aliphatic carbocycles. The summed E-state index contributed by atoms with van der Waals surface area (Å²) in [5.41, 5.74) is 9.42. The molecular formula is C22H22F3N3O3. The van der Waals surface area contributed by atoms with Gasteiger partial charge in [-0.25, -0.2) is 4.79 Å². The lowest BCUT2D eigenvalue weighted by Gasteiger charge is -2.19. The topological polar surface area (TPSA) is 88.7 Å². The van der Waals surface area contributed by atoms with Crippen LogP contribution >= 0.6 is 0 Å². The zero-order chi connectivity index (χ0) is 23.2. The van der Waals surface area contributed by atoms with Crippen LogP contribution in [0.4, 0.5) is 24.5 Å². The number of aromatic carboxylic acids is 1. The average molecular weight is 433 g/mol. The lowest BCUT2D eigenvalue weighted by molar-refractivity contribution is -0.274. The highest BCUT2D eigenvalue weighted by molar-refractivity contribution is 5.88. The minimum atomic E-state index is -4.71. The van der Waals surface area contributed by atoms with Gasteiger partial charge in [-0.2, -0.15) is 0 Å². The Kier molecular flexibility index (Phi) is 7.47. The summed E-state index contributed by atoms with van der Waals surface area (Å²) in [6.45, 7) is 1.72. The molecule has 3 rings (SSSR count). The van der Waals surface area contributed by atoms with Gasteiger partial charge in [0.15, 0.2) is 0 Å². The second-order valence-electron chi connectivity index (χ2n) is 6.74. The predicted octanol–water partition coefficient (Wildman–Crippen LogP) is 4.99. The van der Waals surface area contributed by atoms with Crippen LogP contribution in [0.2, 0.25) is 0 Å². The van der Waals surface area contributed by atoms with Gasteiger partial charge in [-0.15, -0.1) is 13.2 Å². The van der Waals surface area contributed by atoms with Gasteiger partial charge in [-0.05, 0) is 54.4 Å². The van der Waals surface area contributed by atoms with Crippen LogP contribution in [0, 0.1) is 6.92 Å². The van der Waals surface area contributed by atoms with Crippen LogP contribution < -0.4 is 15.4 Å². The normalized spacial score (nSPS) is 10.6. The molecule has 31 heavy (non-hydrogen) atoms. The Labute approximate surface area is 177 Å². The quantitative estimate of drug-likeness (QED) is 0.564. The van der Waals surface area contributed by atoms with Gasteiger partial charge in [0.05, 0.1) is 5.56 Å². The Balaban J connectivity index is 0.000000285. The van der Waals surface area contributed by atoms with Crippen LogP contribution in [0.1, 0.15) is 15.9 Å². The van der Waals surface area contributed by atoms with E-state index in [4.69, 9.17) is 10.8 Å².